The van der Waals surface area contributed by atoms with E-state index in [2.05, 4.69) is 5.10 Å². The lowest BCUT2D eigenvalue weighted by Gasteiger charge is -2.28. The summed E-state index contributed by atoms with van der Waals surface area (Å²) in [4.78, 5) is 27.1. The van der Waals surface area contributed by atoms with Crippen molar-refractivity contribution in [3.63, 3.8) is 0 Å². The molecule has 8 heteroatoms. The Morgan fingerprint density at radius 1 is 1.00 bits per heavy atom. The predicted molar refractivity (Wildman–Crippen MR) is 115 cm³/mol. The summed E-state index contributed by atoms with van der Waals surface area (Å²) in [6.07, 6.45) is 0.370. The number of hydrogen-bond donors (Lipinski definition) is 0. The van der Waals surface area contributed by atoms with Gasteiger partial charge in [-0.15, -0.1) is 0 Å². The average Bonchev–Trinajstić information content (AvgIpc) is 3.10. The molecule has 0 bridgehead atoms. The van der Waals surface area contributed by atoms with Crippen molar-refractivity contribution in [1.29, 1.82) is 0 Å². The van der Waals surface area contributed by atoms with Crippen LogP contribution in [0.25, 0.3) is 11.3 Å². The average molecular weight is 423 g/mol. The summed E-state index contributed by atoms with van der Waals surface area (Å²) in [6.45, 7) is -0.273. The molecule has 2 heterocycles. The molecule has 0 spiro atoms. The molecule has 30 heavy (non-hydrogen) atoms. The number of aromatic nitrogens is 2. The molecule has 2 aromatic carbocycles. The van der Waals surface area contributed by atoms with E-state index in [1.54, 1.807) is 30.3 Å². The predicted octanol–water partition coefficient (Wildman–Crippen LogP) is 2.13. The molecule has 1 fully saturated rings. The molecule has 1 atom stereocenters. The van der Waals surface area contributed by atoms with Gasteiger partial charge in [-0.2, -0.15) is 5.10 Å². The van der Waals surface area contributed by atoms with Crippen LogP contribution in [-0.2, 0) is 21.2 Å². The Kier molecular flexibility index (Phi) is 5.50. The Morgan fingerprint density at radius 3 is 2.30 bits per heavy atom. The number of carbonyl (C=O) groups is 1. The second kappa shape index (κ2) is 8.23. The van der Waals surface area contributed by atoms with Crippen molar-refractivity contribution in [2.75, 3.05) is 16.4 Å². The van der Waals surface area contributed by atoms with E-state index < -0.39 is 21.4 Å². The monoisotopic (exact) mass is 423 g/mol. The number of sulfone groups is 1. The number of rotatable bonds is 5. The van der Waals surface area contributed by atoms with Gasteiger partial charge in [0.15, 0.2) is 9.84 Å². The highest BCUT2D eigenvalue weighted by Gasteiger charge is 2.35. The number of anilines is 1. The van der Waals surface area contributed by atoms with Gasteiger partial charge in [-0.25, -0.2) is 13.1 Å². The molecule has 7 nitrogen and oxygen atoms in total. The van der Waals surface area contributed by atoms with Gasteiger partial charge in [0.1, 0.15) is 6.54 Å². The van der Waals surface area contributed by atoms with Gasteiger partial charge in [-0.3, -0.25) is 9.59 Å². The minimum absolute atomic E-state index is 0.0516. The third kappa shape index (κ3) is 4.33. The van der Waals surface area contributed by atoms with Crippen LogP contribution in [0.2, 0.25) is 0 Å². The maximum atomic E-state index is 13.2. The minimum Gasteiger partial charge on any atom is -0.307 e. The molecule has 0 saturated carbocycles. The van der Waals surface area contributed by atoms with E-state index in [0.717, 1.165) is 10.2 Å². The number of hydrogen-bond acceptors (Lipinski definition) is 5. The molecular formula is C22H21N3O4S. The standard InChI is InChI=1S/C22H21N3O4S/c26-21-12-11-20(17-7-3-1-4-8-17)23-24(21)15-22(27)25(18-9-5-2-6-10-18)19-13-14-30(28,29)16-19/h1-12,19H,13-16H2/t19-/m0/s1. The molecule has 1 saturated heterocycles. The molecule has 3 aromatic rings. The maximum Gasteiger partial charge on any atom is 0.267 e. The lowest BCUT2D eigenvalue weighted by molar-refractivity contribution is -0.119. The van der Waals surface area contributed by atoms with Gasteiger partial charge in [0.25, 0.3) is 5.56 Å². The fraction of sp³-hybridized carbons (Fsp3) is 0.227. The number of para-hydroxylation sites is 1. The highest BCUT2D eigenvalue weighted by Crippen LogP contribution is 2.25. The zero-order valence-corrected chi connectivity index (χ0v) is 17.0. The summed E-state index contributed by atoms with van der Waals surface area (Å²) < 4.78 is 25.1. The van der Waals surface area contributed by atoms with Crippen molar-refractivity contribution in [1.82, 2.24) is 9.78 Å². The van der Waals surface area contributed by atoms with Crippen molar-refractivity contribution in [2.45, 2.75) is 19.0 Å². The largest absolute Gasteiger partial charge is 0.307 e. The number of carbonyl (C=O) groups excluding carboxylic acids is 1. The second-order valence-electron chi connectivity index (χ2n) is 7.24. The van der Waals surface area contributed by atoms with Gasteiger partial charge in [-0.05, 0) is 24.6 Å². The van der Waals surface area contributed by atoms with Crippen LogP contribution in [0.3, 0.4) is 0 Å². The third-order valence-corrected chi connectivity index (χ3v) is 6.85. The van der Waals surface area contributed by atoms with Gasteiger partial charge in [-0.1, -0.05) is 48.5 Å². The quantitative estimate of drug-likeness (QED) is 0.627. The molecule has 0 N–H and O–H groups in total. The zero-order valence-electron chi connectivity index (χ0n) is 16.2. The molecule has 1 aliphatic heterocycles. The lowest BCUT2D eigenvalue weighted by Crippen LogP contribution is -2.44. The Labute approximate surface area is 174 Å². The lowest BCUT2D eigenvalue weighted by atomic mass is 10.1. The van der Waals surface area contributed by atoms with Gasteiger partial charge in [0.05, 0.1) is 23.2 Å². The summed E-state index contributed by atoms with van der Waals surface area (Å²) in [5.41, 5.74) is 1.63. The first-order valence-electron chi connectivity index (χ1n) is 9.64. The highest BCUT2D eigenvalue weighted by atomic mass is 32.2. The molecule has 154 valence electrons. The Bertz CT molecular complexity index is 1210. The Balaban J connectivity index is 1.66. The van der Waals surface area contributed by atoms with Crippen LogP contribution in [0.5, 0.6) is 0 Å². The van der Waals surface area contributed by atoms with E-state index in [1.807, 2.05) is 36.4 Å². The van der Waals surface area contributed by atoms with Crippen molar-refractivity contribution in [2.24, 2.45) is 0 Å². The van der Waals surface area contributed by atoms with Crippen LogP contribution in [0.1, 0.15) is 6.42 Å². The van der Waals surface area contributed by atoms with Crippen LogP contribution >= 0.6 is 0 Å². The van der Waals surface area contributed by atoms with Crippen molar-refractivity contribution < 1.29 is 13.2 Å². The molecular weight excluding hydrogens is 402 g/mol. The fourth-order valence-electron chi connectivity index (χ4n) is 3.66. The molecule has 1 aromatic heterocycles. The van der Waals surface area contributed by atoms with E-state index in [1.165, 1.54) is 11.0 Å². The topological polar surface area (TPSA) is 89.3 Å². The van der Waals surface area contributed by atoms with E-state index in [4.69, 9.17) is 0 Å². The molecule has 0 aliphatic carbocycles. The number of amides is 1. The SMILES string of the molecule is O=C(Cn1nc(-c2ccccc2)ccc1=O)N(c1ccccc1)[C@H]1CCS(=O)(=O)C1. The summed E-state index contributed by atoms with van der Waals surface area (Å²) in [5.74, 6) is -0.404. The second-order valence-corrected chi connectivity index (χ2v) is 9.47. The first-order chi connectivity index (χ1) is 14.4. The van der Waals surface area contributed by atoms with Gasteiger partial charge >= 0.3 is 0 Å². The van der Waals surface area contributed by atoms with Gasteiger partial charge in [0, 0.05) is 17.3 Å². The van der Waals surface area contributed by atoms with E-state index in [9.17, 15) is 18.0 Å². The van der Waals surface area contributed by atoms with E-state index in [-0.39, 0.29) is 24.0 Å². The van der Waals surface area contributed by atoms with E-state index in [0.29, 0.717) is 17.8 Å². The number of nitrogens with zero attached hydrogens (tertiary/aromatic N) is 3. The first kappa shape index (κ1) is 20.0. The third-order valence-electron chi connectivity index (χ3n) is 5.10. The van der Waals surface area contributed by atoms with Crippen LogP contribution in [-0.4, -0.2) is 41.7 Å². The summed E-state index contributed by atoms with van der Waals surface area (Å²) in [7, 11) is -3.18. The smallest absolute Gasteiger partial charge is 0.267 e. The summed E-state index contributed by atoms with van der Waals surface area (Å²) in [6, 6.07) is 20.9. The van der Waals surface area contributed by atoms with Crippen molar-refractivity contribution in [3.05, 3.63) is 83.2 Å². The zero-order chi connectivity index (χ0) is 21.1. The van der Waals surface area contributed by atoms with Crippen molar-refractivity contribution in [3.8, 4) is 11.3 Å². The molecule has 1 aliphatic rings. The highest BCUT2D eigenvalue weighted by molar-refractivity contribution is 7.91. The maximum absolute atomic E-state index is 13.2. The van der Waals surface area contributed by atoms with Crippen LogP contribution in [0.4, 0.5) is 5.69 Å². The van der Waals surface area contributed by atoms with E-state index >= 15 is 0 Å². The first-order valence-corrected chi connectivity index (χ1v) is 11.5. The number of benzene rings is 2. The summed E-state index contributed by atoms with van der Waals surface area (Å²) in [5, 5.41) is 4.35. The minimum atomic E-state index is -3.18. The summed E-state index contributed by atoms with van der Waals surface area (Å²) >= 11 is 0. The molecule has 0 radical (unpaired) electrons. The van der Waals surface area contributed by atoms with Gasteiger partial charge < -0.3 is 4.90 Å². The Hall–Kier alpha value is -3.26. The van der Waals surface area contributed by atoms with Crippen LogP contribution in [0, 0.1) is 0 Å². The van der Waals surface area contributed by atoms with Crippen LogP contribution in [0.15, 0.2) is 77.6 Å². The Morgan fingerprint density at radius 2 is 1.67 bits per heavy atom. The molecule has 1 amide bonds. The molecule has 0 unspecified atom stereocenters. The normalized spacial score (nSPS) is 17.5. The van der Waals surface area contributed by atoms with Crippen molar-refractivity contribution >= 4 is 21.4 Å². The van der Waals surface area contributed by atoms with Gasteiger partial charge in [0.2, 0.25) is 5.91 Å². The fourth-order valence-corrected chi connectivity index (χ4v) is 5.36. The molecule has 4 rings (SSSR count). The van der Waals surface area contributed by atoms with Crippen LogP contribution < -0.4 is 10.5 Å².